The lowest BCUT2D eigenvalue weighted by Gasteiger charge is -2.40. The van der Waals surface area contributed by atoms with Crippen LogP contribution in [0.15, 0.2) is 42.5 Å². The van der Waals surface area contributed by atoms with Crippen molar-refractivity contribution in [1.29, 1.82) is 0 Å². The van der Waals surface area contributed by atoms with E-state index in [2.05, 4.69) is 28.8 Å². The number of fused-ring (bicyclic) bond motifs is 2. The lowest BCUT2D eigenvalue weighted by Crippen LogP contribution is -2.49. The van der Waals surface area contributed by atoms with Gasteiger partial charge in [-0.1, -0.05) is 30.3 Å². The van der Waals surface area contributed by atoms with Crippen molar-refractivity contribution in [3.63, 3.8) is 0 Å². The molecule has 2 aromatic rings. The third kappa shape index (κ3) is 3.16. The summed E-state index contributed by atoms with van der Waals surface area (Å²) in [7, 11) is 4.85. The summed E-state index contributed by atoms with van der Waals surface area (Å²) in [6, 6.07) is 13.5. The van der Waals surface area contributed by atoms with Crippen LogP contribution < -0.4 is 20.1 Å². The average Bonchev–Trinajstić information content (AvgIpc) is 3.02. The van der Waals surface area contributed by atoms with Crippen molar-refractivity contribution in [3.8, 4) is 11.5 Å². The summed E-state index contributed by atoms with van der Waals surface area (Å²) >= 11 is 0. The minimum Gasteiger partial charge on any atom is -0.496 e. The number of carbonyl (C=O) groups is 1. The number of methoxy groups -OCH3 is 3. The van der Waals surface area contributed by atoms with Crippen LogP contribution in [-0.4, -0.2) is 46.4 Å². The molecule has 2 N–H and O–H groups in total. The Morgan fingerprint density at radius 1 is 1.00 bits per heavy atom. The standard InChI is InChI=1S/C23H28N2O4/c1-27-17-9-6-10-18(28-2)19(17)22(26)25-20-15-7-4-5-8-16(15)23(21(20)29-3)11-13-24-14-12-23/h4-10,20-21,24H,11-14H2,1-3H3,(H,25,26)/t20-,21+/m0/s1. The molecule has 1 aliphatic heterocycles. The molecule has 0 bridgehead atoms. The highest BCUT2D eigenvalue weighted by molar-refractivity contribution is 6.00. The van der Waals surface area contributed by atoms with Crippen LogP contribution >= 0.6 is 0 Å². The third-order valence-corrected chi connectivity index (χ3v) is 6.37. The monoisotopic (exact) mass is 396 g/mol. The Morgan fingerprint density at radius 3 is 2.28 bits per heavy atom. The predicted octanol–water partition coefficient (Wildman–Crippen LogP) is 2.82. The highest BCUT2D eigenvalue weighted by atomic mass is 16.5. The fourth-order valence-corrected chi connectivity index (χ4v) is 5.09. The van der Waals surface area contributed by atoms with Crippen LogP contribution in [0.3, 0.4) is 0 Å². The molecule has 1 spiro atoms. The number of carbonyl (C=O) groups excluding carboxylic acids is 1. The van der Waals surface area contributed by atoms with E-state index < -0.39 is 0 Å². The highest BCUT2D eigenvalue weighted by Gasteiger charge is 2.53. The van der Waals surface area contributed by atoms with Gasteiger partial charge in [-0.15, -0.1) is 0 Å². The summed E-state index contributed by atoms with van der Waals surface area (Å²) in [6.07, 6.45) is 1.83. The van der Waals surface area contributed by atoms with Gasteiger partial charge in [0.15, 0.2) is 0 Å². The number of benzene rings is 2. The number of nitrogens with one attached hydrogen (secondary N) is 2. The van der Waals surface area contributed by atoms with Crippen molar-refractivity contribution >= 4 is 5.91 Å². The molecular weight excluding hydrogens is 368 g/mol. The van der Waals surface area contributed by atoms with Gasteiger partial charge in [0, 0.05) is 12.5 Å². The second kappa shape index (κ2) is 8.05. The summed E-state index contributed by atoms with van der Waals surface area (Å²) in [5.74, 6) is 0.740. The van der Waals surface area contributed by atoms with Crippen LogP contribution in [0.25, 0.3) is 0 Å². The lowest BCUT2D eigenvalue weighted by atomic mass is 9.72. The van der Waals surface area contributed by atoms with Gasteiger partial charge in [0.05, 0.1) is 26.4 Å². The van der Waals surface area contributed by atoms with Crippen LogP contribution in [0, 0.1) is 0 Å². The maximum Gasteiger partial charge on any atom is 0.259 e. The third-order valence-electron chi connectivity index (χ3n) is 6.37. The van der Waals surface area contributed by atoms with Crippen molar-refractivity contribution in [2.24, 2.45) is 0 Å². The van der Waals surface area contributed by atoms with E-state index in [0.717, 1.165) is 31.5 Å². The van der Waals surface area contributed by atoms with E-state index in [1.165, 1.54) is 5.56 Å². The lowest BCUT2D eigenvalue weighted by molar-refractivity contribution is 0.00392. The number of amides is 1. The van der Waals surface area contributed by atoms with Crippen molar-refractivity contribution in [2.75, 3.05) is 34.4 Å². The molecule has 0 aromatic heterocycles. The van der Waals surface area contributed by atoms with Gasteiger partial charge in [-0.3, -0.25) is 4.79 Å². The number of hydrogen-bond acceptors (Lipinski definition) is 5. The van der Waals surface area contributed by atoms with Crippen molar-refractivity contribution in [1.82, 2.24) is 10.6 Å². The SMILES string of the molecule is COc1cccc(OC)c1C(=O)N[C@H]1c2ccccc2C2(CCNCC2)[C@@H]1OC. The maximum atomic E-state index is 13.4. The molecule has 6 nitrogen and oxygen atoms in total. The molecule has 2 aliphatic rings. The molecule has 2 atom stereocenters. The van der Waals surface area contributed by atoms with E-state index in [1.807, 2.05) is 6.07 Å². The van der Waals surface area contributed by atoms with Gasteiger partial charge in [-0.2, -0.15) is 0 Å². The quantitative estimate of drug-likeness (QED) is 0.813. The van der Waals surface area contributed by atoms with Gasteiger partial charge in [-0.25, -0.2) is 0 Å². The van der Waals surface area contributed by atoms with Crippen LogP contribution in [0.5, 0.6) is 11.5 Å². The molecule has 4 rings (SSSR count). The van der Waals surface area contributed by atoms with E-state index in [4.69, 9.17) is 14.2 Å². The van der Waals surface area contributed by atoms with Gasteiger partial charge in [0.2, 0.25) is 0 Å². The maximum absolute atomic E-state index is 13.4. The zero-order valence-electron chi connectivity index (χ0n) is 17.2. The van der Waals surface area contributed by atoms with Crippen LogP contribution in [0.1, 0.15) is 40.4 Å². The highest BCUT2D eigenvalue weighted by Crippen LogP contribution is 2.51. The molecule has 6 heteroatoms. The van der Waals surface area contributed by atoms with Gasteiger partial charge in [0.1, 0.15) is 17.1 Å². The van der Waals surface area contributed by atoms with Gasteiger partial charge in [-0.05, 0) is 49.2 Å². The first kappa shape index (κ1) is 19.7. The molecule has 29 heavy (non-hydrogen) atoms. The topological polar surface area (TPSA) is 68.8 Å². The molecule has 1 fully saturated rings. The number of piperidine rings is 1. The van der Waals surface area contributed by atoms with E-state index in [-0.39, 0.29) is 23.5 Å². The van der Waals surface area contributed by atoms with Crippen LogP contribution in [-0.2, 0) is 10.2 Å². The molecule has 0 unspecified atom stereocenters. The van der Waals surface area contributed by atoms with Gasteiger partial charge < -0.3 is 24.8 Å². The van der Waals surface area contributed by atoms with E-state index in [1.54, 1.807) is 39.5 Å². The van der Waals surface area contributed by atoms with Gasteiger partial charge in [0.25, 0.3) is 5.91 Å². The summed E-state index contributed by atoms with van der Waals surface area (Å²) < 4.78 is 16.9. The summed E-state index contributed by atoms with van der Waals surface area (Å²) in [5, 5.41) is 6.68. The number of hydrogen-bond donors (Lipinski definition) is 2. The molecular formula is C23H28N2O4. The molecule has 0 radical (unpaired) electrons. The van der Waals surface area contributed by atoms with Crippen molar-refractivity contribution in [3.05, 3.63) is 59.2 Å². The zero-order valence-corrected chi connectivity index (χ0v) is 17.2. The van der Waals surface area contributed by atoms with Crippen molar-refractivity contribution in [2.45, 2.75) is 30.4 Å². The van der Waals surface area contributed by atoms with E-state index in [0.29, 0.717) is 17.1 Å². The smallest absolute Gasteiger partial charge is 0.259 e. The Morgan fingerprint density at radius 2 is 1.66 bits per heavy atom. The minimum atomic E-state index is -0.239. The van der Waals surface area contributed by atoms with Gasteiger partial charge >= 0.3 is 0 Å². The molecule has 1 heterocycles. The second-order valence-corrected chi connectivity index (χ2v) is 7.64. The molecule has 1 amide bonds. The van der Waals surface area contributed by atoms with Crippen molar-refractivity contribution < 1.29 is 19.0 Å². The summed E-state index contributed by atoms with van der Waals surface area (Å²) in [5.41, 5.74) is 2.71. The molecule has 154 valence electrons. The Kier molecular flexibility index (Phi) is 5.48. The first-order valence-corrected chi connectivity index (χ1v) is 10.0. The Labute approximate surface area is 171 Å². The Bertz CT molecular complexity index is 870. The largest absolute Gasteiger partial charge is 0.496 e. The van der Waals surface area contributed by atoms with E-state index >= 15 is 0 Å². The normalized spacial score (nSPS) is 22.2. The first-order chi connectivity index (χ1) is 14.2. The Hall–Kier alpha value is -2.57. The Balaban J connectivity index is 1.73. The number of ether oxygens (including phenoxy) is 3. The molecule has 2 aromatic carbocycles. The fourth-order valence-electron chi connectivity index (χ4n) is 5.09. The molecule has 0 saturated carbocycles. The molecule has 1 aliphatic carbocycles. The molecule has 1 saturated heterocycles. The zero-order chi connectivity index (χ0) is 20.4. The summed E-state index contributed by atoms with van der Waals surface area (Å²) in [4.78, 5) is 13.4. The van der Waals surface area contributed by atoms with E-state index in [9.17, 15) is 4.79 Å². The predicted molar refractivity (Wildman–Crippen MR) is 111 cm³/mol. The average molecular weight is 396 g/mol. The number of rotatable bonds is 5. The second-order valence-electron chi connectivity index (χ2n) is 7.64. The summed E-state index contributed by atoms with van der Waals surface area (Å²) in [6.45, 7) is 1.88. The minimum absolute atomic E-state index is 0.0978. The van der Waals surface area contributed by atoms with Crippen LogP contribution in [0.4, 0.5) is 0 Å². The van der Waals surface area contributed by atoms with Crippen LogP contribution in [0.2, 0.25) is 0 Å². The fraction of sp³-hybridized carbons (Fsp3) is 0.435. The first-order valence-electron chi connectivity index (χ1n) is 10.0.